The van der Waals surface area contributed by atoms with Gasteiger partial charge in [-0.05, 0) is 51.8 Å². The number of hydrogen-bond donors (Lipinski definition) is 1. The zero-order chi connectivity index (χ0) is 15.1. The van der Waals surface area contributed by atoms with Gasteiger partial charge >= 0.3 is 0 Å². The molecule has 1 fully saturated rings. The highest BCUT2D eigenvalue weighted by atomic mass is 16.5. The summed E-state index contributed by atoms with van der Waals surface area (Å²) in [6.45, 7) is 4.28. The number of nitrogens with zero attached hydrogens (tertiary/aromatic N) is 2. The van der Waals surface area contributed by atoms with E-state index in [1.54, 1.807) is 7.11 Å². The van der Waals surface area contributed by atoms with E-state index in [0.29, 0.717) is 11.9 Å². The van der Waals surface area contributed by atoms with Crippen molar-refractivity contribution in [2.45, 2.75) is 57.7 Å². The van der Waals surface area contributed by atoms with Gasteiger partial charge in [0.15, 0.2) is 0 Å². The second kappa shape index (κ2) is 8.35. The Balaban J connectivity index is 1.80. The minimum Gasteiger partial charge on any atom is -0.481 e. The van der Waals surface area contributed by atoms with E-state index in [0.717, 1.165) is 24.8 Å². The summed E-state index contributed by atoms with van der Waals surface area (Å²) < 4.78 is 5.20. The predicted molar refractivity (Wildman–Crippen MR) is 86.6 cm³/mol. The number of pyridine rings is 1. The molecular formula is C17H29N3O. The smallest absolute Gasteiger partial charge is 0.213 e. The monoisotopic (exact) mass is 291 g/mol. The van der Waals surface area contributed by atoms with Gasteiger partial charge in [0.2, 0.25) is 5.88 Å². The highest BCUT2D eigenvalue weighted by molar-refractivity contribution is 5.15. The van der Waals surface area contributed by atoms with Crippen molar-refractivity contribution in [1.82, 2.24) is 15.2 Å². The van der Waals surface area contributed by atoms with Crippen LogP contribution in [0.1, 0.15) is 44.7 Å². The molecule has 1 N–H and O–H groups in total. The molecule has 1 aliphatic rings. The Morgan fingerprint density at radius 3 is 2.71 bits per heavy atom. The lowest BCUT2D eigenvalue weighted by molar-refractivity contribution is 0.166. The Kier molecular flexibility index (Phi) is 6.46. The van der Waals surface area contributed by atoms with Gasteiger partial charge in [0.1, 0.15) is 0 Å². The Bertz CT molecular complexity index is 416. The maximum atomic E-state index is 5.20. The van der Waals surface area contributed by atoms with E-state index in [1.807, 2.05) is 12.1 Å². The first-order valence-corrected chi connectivity index (χ1v) is 8.16. The van der Waals surface area contributed by atoms with Gasteiger partial charge in [-0.1, -0.05) is 13.0 Å². The highest BCUT2D eigenvalue weighted by Gasteiger charge is 2.23. The summed E-state index contributed by atoms with van der Waals surface area (Å²) in [4.78, 5) is 6.95. The van der Waals surface area contributed by atoms with Crippen molar-refractivity contribution >= 4 is 0 Å². The minimum absolute atomic E-state index is 0.678. The summed E-state index contributed by atoms with van der Waals surface area (Å²) in [6, 6.07) is 7.39. The quantitative estimate of drug-likeness (QED) is 0.838. The van der Waals surface area contributed by atoms with Crippen molar-refractivity contribution in [3.05, 3.63) is 23.9 Å². The molecule has 0 amide bonds. The van der Waals surface area contributed by atoms with Crippen molar-refractivity contribution < 1.29 is 4.74 Å². The Morgan fingerprint density at radius 1 is 1.29 bits per heavy atom. The molecule has 1 aromatic rings. The Labute approximate surface area is 128 Å². The van der Waals surface area contributed by atoms with Crippen LogP contribution in [0.3, 0.4) is 0 Å². The molecule has 0 atom stereocenters. The lowest BCUT2D eigenvalue weighted by Gasteiger charge is -2.35. The maximum absolute atomic E-state index is 5.20. The Morgan fingerprint density at radius 2 is 2.05 bits per heavy atom. The van der Waals surface area contributed by atoms with Crippen LogP contribution in [0.2, 0.25) is 0 Å². The molecule has 118 valence electrons. The molecule has 0 aliphatic heterocycles. The zero-order valence-electron chi connectivity index (χ0n) is 13.6. The first-order chi connectivity index (χ1) is 10.2. The van der Waals surface area contributed by atoms with E-state index in [1.165, 1.54) is 32.1 Å². The summed E-state index contributed by atoms with van der Waals surface area (Å²) >= 11 is 0. The van der Waals surface area contributed by atoms with Gasteiger partial charge in [0.25, 0.3) is 0 Å². The number of methoxy groups -OCH3 is 1. The molecule has 0 aromatic carbocycles. The lowest BCUT2D eigenvalue weighted by atomic mass is 9.90. The third-order valence-electron chi connectivity index (χ3n) is 4.40. The molecule has 4 heteroatoms. The van der Waals surface area contributed by atoms with E-state index in [4.69, 9.17) is 4.74 Å². The molecule has 0 saturated heterocycles. The average molecular weight is 291 g/mol. The van der Waals surface area contributed by atoms with Gasteiger partial charge in [-0.25, -0.2) is 4.98 Å². The fourth-order valence-electron chi connectivity index (χ4n) is 3.11. The summed E-state index contributed by atoms with van der Waals surface area (Å²) in [5.74, 6) is 0.702. The van der Waals surface area contributed by atoms with Crippen LogP contribution in [0.4, 0.5) is 0 Å². The standard InChI is InChI=1S/C17H29N3O/c1-4-12-18-14-8-10-16(11-9-14)20(2)13-15-6-5-7-17(19-15)21-3/h5-7,14,16,18H,4,8-13H2,1-3H3. The van der Waals surface area contributed by atoms with Crippen LogP contribution in [-0.4, -0.2) is 42.7 Å². The van der Waals surface area contributed by atoms with E-state index in [-0.39, 0.29) is 0 Å². The molecule has 1 aliphatic carbocycles. The summed E-state index contributed by atoms with van der Waals surface area (Å²) in [5.41, 5.74) is 1.09. The van der Waals surface area contributed by atoms with Gasteiger partial charge in [-0.2, -0.15) is 0 Å². The first-order valence-electron chi connectivity index (χ1n) is 8.16. The molecule has 0 spiro atoms. The normalized spacial score (nSPS) is 22.5. The van der Waals surface area contributed by atoms with Crippen molar-refractivity contribution in [1.29, 1.82) is 0 Å². The van der Waals surface area contributed by atoms with Crippen molar-refractivity contribution in [3.8, 4) is 5.88 Å². The number of ether oxygens (including phenoxy) is 1. The van der Waals surface area contributed by atoms with E-state index >= 15 is 0 Å². The van der Waals surface area contributed by atoms with Gasteiger partial charge in [-0.15, -0.1) is 0 Å². The molecule has 21 heavy (non-hydrogen) atoms. The van der Waals surface area contributed by atoms with Crippen molar-refractivity contribution in [2.75, 3.05) is 20.7 Å². The van der Waals surface area contributed by atoms with Gasteiger partial charge < -0.3 is 10.1 Å². The van der Waals surface area contributed by atoms with Crippen LogP contribution in [0.5, 0.6) is 5.88 Å². The molecule has 0 radical (unpaired) electrons. The number of aromatic nitrogens is 1. The minimum atomic E-state index is 0.678. The van der Waals surface area contributed by atoms with Crippen LogP contribution < -0.4 is 10.1 Å². The van der Waals surface area contributed by atoms with E-state index in [9.17, 15) is 0 Å². The Hall–Kier alpha value is -1.13. The fourth-order valence-corrected chi connectivity index (χ4v) is 3.11. The predicted octanol–water partition coefficient (Wildman–Crippen LogP) is 2.83. The van der Waals surface area contributed by atoms with E-state index < -0.39 is 0 Å². The third kappa shape index (κ3) is 4.97. The molecule has 1 aromatic heterocycles. The fraction of sp³-hybridized carbons (Fsp3) is 0.706. The largest absolute Gasteiger partial charge is 0.481 e. The van der Waals surface area contributed by atoms with Crippen LogP contribution >= 0.6 is 0 Å². The molecule has 0 bridgehead atoms. The lowest BCUT2D eigenvalue weighted by Crippen LogP contribution is -2.40. The first kappa shape index (κ1) is 16.2. The topological polar surface area (TPSA) is 37.4 Å². The number of nitrogens with one attached hydrogen (secondary N) is 1. The maximum Gasteiger partial charge on any atom is 0.213 e. The molecule has 2 rings (SSSR count). The van der Waals surface area contributed by atoms with Crippen LogP contribution in [0.25, 0.3) is 0 Å². The van der Waals surface area contributed by atoms with Gasteiger partial charge in [0.05, 0.1) is 12.8 Å². The summed E-state index contributed by atoms with van der Waals surface area (Å²) in [5, 5.41) is 3.65. The second-order valence-electron chi connectivity index (χ2n) is 6.05. The number of hydrogen-bond acceptors (Lipinski definition) is 4. The highest BCUT2D eigenvalue weighted by Crippen LogP contribution is 2.23. The number of rotatable bonds is 7. The van der Waals surface area contributed by atoms with Crippen molar-refractivity contribution in [3.63, 3.8) is 0 Å². The average Bonchev–Trinajstić information content (AvgIpc) is 2.53. The third-order valence-corrected chi connectivity index (χ3v) is 4.40. The van der Waals surface area contributed by atoms with Crippen LogP contribution in [0, 0.1) is 0 Å². The second-order valence-corrected chi connectivity index (χ2v) is 6.05. The molecule has 4 nitrogen and oxygen atoms in total. The van der Waals surface area contributed by atoms with Crippen LogP contribution in [-0.2, 0) is 6.54 Å². The van der Waals surface area contributed by atoms with Crippen LogP contribution in [0.15, 0.2) is 18.2 Å². The summed E-state index contributed by atoms with van der Waals surface area (Å²) in [6.07, 6.45) is 6.37. The molecule has 0 unspecified atom stereocenters. The SMILES string of the molecule is CCCNC1CCC(N(C)Cc2cccc(OC)n2)CC1. The molecule has 1 heterocycles. The van der Waals surface area contributed by atoms with Gasteiger partial charge in [-0.3, -0.25) is 4.90 Å². The van der Waals surface area contributed by atoms with E-state index in [2.05, 4.69) is 35.2 Å². The molecular weight excluding hydrogens is 262 g/mol. The molecule has 1 saturated carbocycles. The summed E-state index contributed by atoms with van der Waals surface area (Å²) in [7, 11) is 3.88. The van der Waals surface area contributed by atoms with Crippen molar-refractivity contribution in [2.24, 2.45) is 0 Å². The zero-order valence-corrected chi connectivity index (χ0v) is 13.6. The van der Waals surface area contributed by atoms with Gasteiger partial charge in [0, 0.05) is 24.7 Å².